The van der Waals surface area contributed by atoms with Crippen LogP contribution in [0, 0.1) is 5.82 Å². The third-order valence-corrected chi connectivity index (χ3v) is 5.02. The predicted molar refractivity (Wildman–Crippen MR) is 85.6 cm³/mol. The third kappa shape index (κ3) is 3.20. The van der Waals surface area contributed by atoms with Gasteiger partial charge in [-0.15, -0.1) is 0 Å². The van der Waals surface area contributed by atoms with Crippen LogP contribution in [0.25, 0.3) is 0 Å². The highest BCUT2D eigenvalue weighted by Crippen LogP contribution is 2.39. The fourth-order valence-corrected chi connectivity index (χ4v) is 3.95. The summed E-state index contributed by atoms with van der Waals surface area (Å²) >= 11 is 10.4. The summed E-state index contributed by atoms with van der Waals surface area (Å²) in [6.07, 6.45) is 0. The van der Waals surface area contributed by atoms with Crippen molar-refractivity contribution in [3.63, 3.8) is 0 Å². The number of hydrogen-bond acceptors (Lipinski definition) is 1. The van der Waals surface area contributed by atoms with Gasteiger partial charge in [-0.2, -0.15) is 0 Å². The van der Waals surface area contributed by atoms with E-state index >= 15 is 0 Å². The van der Waals surface area contributed by atoms with Crippen molar-refractivity contribution in [1.29, 1.82) is 0 Å². The monoisotopic (exact) mass is 450 g/mol. The molecule has 0 N–H and O–H groups in total. The van der Waals surface area contributed by atoms with Crippen LogP contribution in [0.1, 0.15) is 16.0 Å². The van der Waals surface area contributed by atoms with E-state index in [1.165, 1.54) is 6.07 Å². The molecule has 5 heteroatoms. The number of ether oxygens (including phenoxy) is 1. The Hall–Kier alpha value is -0.390. The van der Waals surface area contributed by atoms with Crippen molar-refractivity contribution in [3.8, 4) is 5.75 Å². The normalized spacial score (nSPS) is 12.3. The summed E-state index contributed by atoms with van der Waals surface area (Å²) in [6, 6.07) is 10.6. The fraction of sp³-hybridized carbons (Fsp3) is 0.143. The second-order valence-corrected chi connectivity index (χ2v) is 6.52. The minimum absolute atomic E-state index is 0.231. The van der Waals surface area contributed by atoms with E-state index in [9.17, 15) is 4.39 Å². The Labute approximate surface area is 136 Å². The number of alkyl halides is 1. The van der Waals surface area contributed by atoms with Crippen LogP contribution >= 0.6 is 47.8 Å². The first kappa shape index (κ1) is 15.0. The molecule has 2 rings (SSSR count). The molecule has 0 heterocycles. The maximum absolute atomic E-state index is 13.9. The zero-order valence-electron chi connectivity index (χ0n) is 9.96. The molecule has 0 saturated heterocycles. The minimum atomic E-state index is -0.247. The van der Waals surface area contributed by atoms with Crippen molar-refractivity contribution >= 4 is 47.8 Å². The SMILES string of the molecule is COc1ccc(C(Br)c2c(F)cccc2Br)cc1Br. The first-order valence-electron chi connectivity index (χ1n) is 5.46. The Balaban J connectivity index is 2.44. The van der Waals surface area contributed by atoms with E-state index in [-0.39, 0.29) is 10.6 Å². The lowest BCUT2D eigenvalue weighted by molar-refractivity contribution is 0.412. The fourth-order valence-electron chi connectivity index (χ4n) is 1.76. The molecule has 1 nitrogen and oxygen atoms in total. The highest BCUT2D eigenvalue weighted by molar-refractivity contribution is 9.11. The van der Waals surface area contributed by atoms with Gasteiger partial charge in [-0.3, -0.25) is 0 Å². The van der Waals surface area contributed by atoms with Gasteiger partial charge in [0.2, 0.25) is 0 Å². The van der Waals surface area contributed by atoms with E-state index in [1.54, 1.807) is 13.2 Å². The van der Waals surface area contributed by atoms with Crippen LogP contribution < -0.4 is 4.74 Å². The Morgan fingerprint density at radius 3 is 2.42 bits per heavy atom. The van der Waals surface area contributed by atoms with Gasteiger partial charge in [-0.25, -0.2) is 4.39 Å². The molecule has 0 spiro atoms. The summed E-state index contributed by atoms with van der Waals surface area (Å²) < 4.78 is 20.7. The minimum Gasteiger partial charge on any atom is -0.496 e. The summed E-state index contributed by atoms with van der Waals surface area (Å²) in [6.45, 7) is 0. The number of hydrogen-bond donors (Lipinski definition) is 0. The Bertz CT molecular complexity index is 581. The van der Waals surface area contributed by atoms with Gasteiger partial charge in [-0.1, -0.05) is 44.0 Å². The van der Waals surface area contributed by atoms with Gasteiger partial charge in [0, 0.05) is 10.0 Å². The molecular weight excluding hydrogens is 443 g/mol. The summed E-state index contributed by atoms with van der Waals surface area (Å²) in [4.78, 5) is -0.231. The maximum Gasteiger partial charge on any atom is 0.133 e. The zero-order valence-corrected chi connectivity index (χ0v) is 14.7. The Morgan fingerprint density at radius 1 is 1.11 bits per heavy atom. The molecule has 2 aromatic carbocycles. The average molecular weight is 453 g/mol. The molecule has 0 aromatic heterocycles. The van der Waals surface area contributed by atoms with Crippen molar-refractivity contribution in [2.45, 2.75) is 4.83 Å². The standard InChI is InChI=1S/C14H10Br3FO/c1-19-12-6-5-8(7-10(12)16)14(17)13-9(15)3-2-4-11(13)18/h2-7,14H,1H3. The largest absolute Gasteiger partial charge is 0.496 e. The first-order chi connectivity index (χ1) is 9.04. The van der Waals surface area contributed by atoms with Crippen LogP contribution in [0.3, 0.4) is 0 Å². The smallest absolute Gasteiger partial charge is 0.133 e. The molecule has 0 aliphatic rings. The van der Waals surface area contributed by atoms with Gasteiger partial charge in [-0.05, 0) is 45.8 Å². The Morgan fingerprint density at radius 2 is 1.84 bits per heavy atom. The van der Waals surface area contributed by atoms with Crippen LogP contribution in [0.15, 0.2) is 45.3 Å². The molecule has 0 radical (unpaired) electrons. The van der Waals surface area contributed by atoms with Crippen LogP contribution in [0.2, 0.25) is 0 Å². The number of methoxy groups -OCH3 is 1. The molecule has 2 aromatic rings. The van der Waals surface area contributed by atoms with Crippen molar-refractivity contribution in [3.05, 3.63) is 62.3 Å². The van der Waals surface area contributed by atoms with Gasteiger partial charge < -0.3 is 4.74 Å². The molecule has 1 unspecified atom stereocenters. The topological polar surface area (TPSA) is 9.23 Å². The molecule has 0 saturated carbocycles. The van der Waals surface area contributed by atoms with E-state index in [2.05, 4.69) is 47.8 Å². The molecule has 19 heavy (non-hydrogen) atoms. The van der Waals surface area contributed by atoms with Crippen LogP contribution in [-0.2, 0) is 0 Å². The van der Waals surface area contributed by atoms with E-state index in [1.807, 2.05) is 24.3 Å². The molecular formula is C14H10Br3FO. The second kappa shape index (κ2) is 6.37. The van der Waals surface area contributed by atoms with E-state index in [4.69, 9.17) is 4.74 Å². The highest BCUT2D eigenvalue weighted by atomic mass is 79.9. The van der Waals surface area contributed by atoms with Crippen molar-refractivity contribution < 1.29 is 9.13 Å². The molecule has 1 atom stereocenters. The summed E-state index contributed by atoms with van der Waals surface area (Å²) in [7, 11) is 1.61. The van der Waals surface area contributed by atoms with Gasteiger partial charge in [0.15, 0.2) is 0 Å². The Kier molecular flexibility index (Phi) is 5.03. The molecule has 0 bridgehead atoms. The lowest BCUT2D eigenvalue weighted by Gasteiger charge is -2.15. The molecule has 0 aliphatic carbocycles. The second-order valence-electron chi connectivity index (χ2n) is 3.89. The van der Waals surface area contributed by atoms with Gasteiger partial charge in [0.25, 0.3) is 0 Å². The van der Waals surface area contributed by atoms with Crippen molar-refractivity contribution in [1.82, 2.24) is 0 Å². The number of halogens is 4. The predicted octanol–water partition coefficient (Wildman–Crippen LogP) is 5.84. The van der Waals surface area contributed by atoms with Gasteiger partial charge in [0.1, 0.15) is 11.6 Å². The number of rotatable bonds is 3. The van der Waals surface area contributed by atoms with Crippen LogP contribution in [0.5, 0.6) is 5.75 Å². The first-order valence-corrected chi connectivity index (χ1v) is 7.96. The lowest BCUT2D eigenvalue weighted by atomic mass is 10.0. The third-order valence-electron chi connectivity index (χ3n) is 2.72. The average Bonchev–Trinajstić information content (AvgIpc) is 2.38. The van der Waals surface area contributed by atoms with E-state index < -0.39 is 0 Å². The van der Waals surface area contributed by atoms with Crippen molar-refractivity contribution in [2.24, 2.45) is 0 Å². The highest BCUT2D eigenvalue weighted by Gasteiger charge is 2.18. The van der Waals surface area contributed by atoms with Crippen molar-refractivity contribution in [2.75, 3.05) is 7.11 Å². The lowest BCUT2D eigenvalue weighted by Crippen LogP contribution is -1.98. The number of benzene rings is 2. The molecule has 0 fully saturated rings. The summed E-state index contributed by atoms with van der Waals surface area (Å²) in [5.41, 5.74) is 1.53. The van der Waals surface area contributed by atoms with Crippen LogP contribution in [-0.4, -0.2) is 7.11 Å². The van der Waals surface area contributed by atoms with Gasteiger partial charge >= 0.3 is 0 Å². The summed E-state index contributed by atoms with van der Waals surface area (Å²) in [5.74, 6) is 0.499. The molecule has 0 aliphatic heterocycles. The zero-order chi connectivity index (χ0) is 14.0. The maximum atomic E-state index is 13.9. The van der Waals surface area contributed by atoms with E-state index in [0.29, 0.717) is 5.56 Å². The van der Waals surface area contributed by atoms with Gasteiger partial charge in [0.05, 0.1) is 16.4 Å². The quantitative estimate of drug-likeness (QED) is 0.531. The van der Waals surface area contributed by atoms with Crippen LogP contribution in [0.4, 0.5) is 4.39 Å². The molecule has 100 valence electrons. The van der Waals surface area contributed by atoms with E-state index in [0.717, 1.165) is 20.3 Å². The molecule has 0 amide bonds. The summed E-state index contributed by atoms with van der Waals surface area (Å²) in [5, 5.41) is 0.